The number of carbonyl (C=O) groups excluding carboxylic acids is 1. The molecule has 0 aliphatic heterocycles. The third kappa shape index (κ3) is 4.31. The van der Waals surface area contributed by atoms with Gasteiger partial charge in [-0.2, -0.15) is 5.10 Å². The molecule has 0 atom stereocenters. The second kappa shape index (κ2) is 8.06. The fraction of sp³-hybridized carbons (Fsp3) is 0.429. The van der Waals surface area contributed by atoms with Gasteiger partial charge in [0.1, 0.15) is 5.82 Å². The zero-order valence-electron chi connectivity index (χ0n) is 17.7. The molecule has 0 saturated carbocycles. The number of carbonyl (C=O) groups is 1. The maximum absolute atomic E-state index is 12.8. The first-order chi connectivity index (χ1) is 13.7. The summed E-state index contributed by atoms with van der Waals surface area (Å²) in [7, 11) is 1.92. The number of ether oxygens (including phenoxy) is 1. The molecule has 0 aromatic carbocycles. The molecular formula is C21H27N5O3. The Morgan fingerprint density at radius 3 is 2.59 bits per heavy atom. The molecule has 3 aromatic rings. The molecule has 1 N–H and O–H groups in total. The SMILES string of the molecule is CC(=O)Nc1cc2c(-c3cc(OCC(C)C)c(=O)n(C(C)C)n3)cn(C)c2cn1. The van der Waals surface area contributed by atoms with Crippen molar-refractivity contribution in [2.45, 2.75) is 40.7 Å². The van der Waals surface area contributed by atoms with Gasteiger partial charge in [-0.1, -0.05) is 13.8 Å². The second-order valence-corrected chi connectivity index (χ2v) is 7.86. The molecule has 3 heterocycles. The molecule has 29 heavy (non-hydrogen) atoms. The topological polar surface area (TPSA) is 91.0 Å². The van der Waals surface area contributed by atoms with Crippen molar-refractivity contribution in [2.75, 3.05) is 11.9 Å². The number of aryl methyl sites for hydroxylation is 1. The van der Waals surface area contributed by atoms with Crippen LogP contribution in [-0.2, 0) is 11.8 Å². The predicted molar refractivity (Wildman–Crippen MR) is 113 cm³/mol. The zero-order valence-corrected chi connectivity index (χ0v) is 17.7. The first-order valence-corrected chi connectivity index (χ1v) is 9.67. The van der Waals surface area contributed by atoms with Crippen molar-refractivity contribution in [3.05, 3.63) is 34.9 Å². The quantitative estimate of drug-likeness (QED) is 0.689. The van der Waals surface area contributed by atoms with E-state index in [2.05, 4.69) is 15.4 Å². The highest BCUT2D eigenvalue weighted by Gasteiger charge is 2.18. The number of rotatable bonds is 6. The van der Waals surface area contributed by atoms with Gasteiger partial charge in [0.2, 0.25) is 5.91 Å². The average Bonchev–Trinajstić information content (AvgIpc) is 2.96. The van der Waals surface area contributed by atoms with E-state index in [0.29, 0.717) is 24.0 Å². The molecule has 3 rings (SSSR count). The van der Waals surface area contributed by atoms with Crippen LogP contribution in [0.25, 0.3) is 22.2 Å². The zero-order chi connectivity index (χ0) is 21.3. The first kappa shape index (κ1) is 20.6. The smallest absolute Gasteiger partial charge is 0.309 e. The molecular weight excluding hydrogens is 370 g/mol. The molecule has 0 aliphatic carbocycles. The Balaban J connectivity index is 2.19. The fourth-order valence-electron chi connectivity index (χ4n) is 3.06. The minimum absolute atomic E-state index is 0.115. The summed E-state index contributed by atoms with van der Waals surface area (Å²) in [6, 6.07) is 3.39. The summed E-state index contributed by atoms with van der Waals surface area (Å²) in [5.41, 5.74) is 2.11. The first-order valence-electron chi connectivity index (χ1n) is 9.67. The summed E-state index contributed by atoms with van der Waals surface area (Å²) >= 11 is 0. The summed E-state index contributed by atoms with van der Waals surface area (Å²) < 4.78 is 9.18. The van der Waals surface area contributed by atoms with Crippen LogP contribution in [0.4, 0.5) is 5.82 Å². The van der Waals surface area contributed by atoms with Crippen LogP contribution in [0.15, 0.2) is 29.3 Å². The van der Waals surface area contributed by atoms with E-state index in [4.69, 9.17) is 4.74 Å². The van der Waals surface area contributed by atoms with Crippen LogP contribution < -0.4 is 15.6 Å². The molecule has 154 valence electrons. The molecule has 8 heteroatoms. The third-order valence-corrected chi connectivity index (χ3v) is 4.42. The van der Waals surface area contributed by atoms with Crippen LogP contribution >= 0.6 is 0 Å². The van der Waals surface area contributed by atoms with Crippen molar-refractivity contribution in [2.24, 2.45) is 13.0 Å². The van der Waals surface area contributed by atoms with Gasteiger partial charge >= 0.3 is 5.56 Å². The van der Waals surface area contributed by atoms with E-state index in [1.165, 1.54) is 11.6 Å². The van der Waals surface area contributed by atoms with Gasteiger partial charge in [-0.25, -0.2) is 9.67 Å². The number of nitrogens with zero attached hydrogens (tertiary/aromatic N) is 4. The largest absolute Gasteiger partial charge is 0.488 e. The number of pyridine rings is 1. The number of hydrogen-bond donors (Lipinski definition) is 1. The number of fused-ring (bicyclic) bond motifs is 1. The Morgan fingerprint density at radius 2 is 1.97 bits per heavy atom. The van der Waals surface area contributed by atoms with E-state index < -0.39 is 0 Å². The molecule has 8 nitrogen and oxygen atoms in total. The average molecular weight is 397 g/mol. The van der Waals surface area contributed by atoms with Gasteiger partial charge in [0.15, 0.2) is 5.75 Å². The van der Waals surface area contributed by atoms with Gasteiger partial charge < -0.3 is 14.6 Å². The van der Waals surface area contributed by atoms with E-state index in [1.54, 1.807) is 12.3 Å². The van der Waals surface area contributed by atoms with Crippen molar-refractivity contribution in [3.63, 3.8) is 0 Å². The number of aromatic nitrogens is 4. The highest BCUT2D eigenvalue weighted by Crippen LogP contribution is 2.31. The molecule has 0 saturated heterocycles. The highest BCUT2D eigenvalue weighted by atomic mass is 16.5. The normalized spacial score (nSPS) is 11.4. The van der Waals surface area contributed by atoms with Gasteiger partial charge in [-0.3, -0.25) is 9.59 Å². The predicted octanol–water partition coefficient (Wildman–Crippen LogP) is 3.37. The summed E-state index contributed by atoms with van der Waals surface area (Å²) in [4.78, 5) is 28.5. The Bertz CT molecular complexity index is 1110. The van der Waals surface area contributed by atoms with E-state index in [9.17, 15) is 9.59 Å². The van der Waals surface area contributed by atoms with Crippen molar-refractivity contribution in [1.82, 2.24) is 19.3 Å². The van der Waals surface area contributed by atoms with Crippen LogP contribution in [0, 0.1) is 5.92 Å². The number of anilines is 1. The monoisotopic (exact) mass is 397 g/mol. The van der Waals surface area contributed by atoms with Gasteiger partial charge in [-0.05, 0) is 25.8 Å². The van der Waals surface area contributed by atoms with Crippen LogP contribution in [0.3, 0.4) is 0 Å². The molecule has 0 aliphatic rings. The summed E-state index contributed by atoms with van der Waals surface area (Å²) in [6.07, 6.45) is 3.65. The van der Waals surface area contributed by atoms with Gasteiger partial charge in [0.25, 0.3) is 0 Å². The maximum Gasteiger partial charge on any atom is 0.309 e. The Hall–Kier alpha value is -3.16. The van der Waals surface area contributed by atoms with Gasteiger partial charge in [-0.15, -0.1) is 0 Å². The number of nitrogens with one attached hydrogen (secondary N) is 1. The van der Waals surface area contributed by atoms with Crippen molar-refractivity contribution in [3.8, 4) is 17.0 Å². The lowest BCUT2D eigenvalue weighted by molar-refractivity contribution is -0.114. The lowest BCUT2D eigenvalue weighted by atomic mass is 10.1. The maximum atomic E-state index is 12.8. The standard InChI is InChI=1S/C21H27N5O3/c1-12(2)11-29-19-8-17(24-26(13(3)4)21(19)28)16-10-25(6)18-9-22-20(7-15(16)18)23-14(5)27/h7-10,12-13H,11H2,1-6H3,(H,22,23,27). The minimum atomic E-state index is -0.245. The van der Waals surface area contributed by atoms with Crippen LogP contribution in [0.5, 0.6) is 5.75 Å². The van der Waals surface area contributed by atoms with Gasteiger partial charge in [0.05, 0.1) is 30.1 Å². The molecule has 0 fully saturated rings. The third-order valence-electron chi connectivity index (χ3n) is 4.42. The Labute approximate surface area is 169 Å². The Kier molecular flexibility index (Phi) is 5.72. The summed E-state index contributed by atoms with van der Waals surface area (Å²) in [5.74, 6) is 0.851. The van der Waals surface area contributed by atoms with E-state index in [-0.39, 0.29) is 23.3 Å². The lowest BCUT2D eigenvalue weighted by Gasteiger charge is -2.14. The van der Waals surface area contributed by atoms with Crippen molar-refractivity contribution < 1.29 is 9.53 Å². The molecule has 0 bridgehead atoms. The van der Waals surface area contributed by atoms with E-state index >= 15 is 0 Å². The van der Waals surface area contributed by atoms with Crippen LogP contribution in [0.1, 0.15) is 40.7 Å². The molecule has 3 aromatic heterocycles. The number of hydrogen-bond acceptors (Lipinski definition) is 5. The van der Waals surface area contributed by atoms with Crippen LogP contribution in [-0.4, -0.2) is 31.8 Å². The molecule has 0 unspecified atom stereocenters. The number of amides is 1. The van der Waals surface area contributed by atoms with Crippen molar-refractivity contribution in [1.29, 1.82) is 0 Å². The minimum Gasteiger partial charge on any atom is -0.488 e. The Morgan fingerprint density at radius 1 is 1.24 bits per heavy atom. The summed E-state index contributed by atoms with van der Waals surface area (Å²) in [5, 5.41) is 8.17. The fourth-order valence-corrected chi connectivity index (χ4v) is 3.06. The van der Waals surface area contributed by atoms with Gasteiger partial charge in [0, 0.05) is 37.2 Å². The second-order valence-electron chi connectivity index (χ2n) is 7.86. The van der Waals surface area contributed by atoms with E-state index in [0.717, 1.165) is 16.5 Å². The van der Waals surface area contributed by atoms with E-state index in [1.807, 2.05) is 51.6 Å². The lowest BCUT2D eigenvalue weighted by Crippen LogP contribution is -2.27. The molecule has 1 amide bonds. The van der Waals surface area contributed by atoms with Crippen molar-refractivity contribution >= 4 is 22.6 Å². The highest BCUT2D eigenvalue weighted by molar-refractivity contribution is 5.98. The van der Waals surface area contributed by atoms with Crippen LogP contribution in [0.2, 0.25) is 0 Å². The molecule has 0 spiro atoms. The summed E-state index contributed by atoms with van der Waals surface area (Å²) in [6.45, 7) is 9.77. The molecule has 0 radical (unpaired) electrons.